The summed E-state index contributed by atoms with van der Waals surface area (Å²) in [6, 6.07) is 10.1. The van der Waals surface area contributed by atoms with Crippen LogP contribution in [0.2, 0.25) is 0 Å². The van der Waals surface area contributed by atoms with Crippen LogP contribution in [0, 0.1) is 0 Å². The molecule has 0 bridgehead atoms. The minimum atomic E-state index is 0.0475. The Labute approximate surface area is 210 Å². The van der Waals surface area contributed by atoms with Crippen LogP contribution in [0.1, 0.15) is 30.4 Å². The number of carbonyl (C=O) groups is 1. The molecule has 3 N–H and O–H groups in total. The van der Waals surface area contributed by atoms with Gasteiger partial charge in [-0.1, -0.05) is 0 Å². The van der Waals surface area contributed by atoms with Gasteiger partial charge in [-0.05, 0) is 51.1 Å². The summed E-state index contributed by atoms with van der Waals surface area (Å²) < 4.78 is 0. The van der Waals surface area contributed by atoms with E-state index in [1.165, 1.54) is 11.3 Å². The third-order valence-corrected chi connectivity index (χ3v) is 6.99. The number of aromatic amines is 2. The fraction of sp³-hybridized carbons (Fsp3) is 0.154. The number of fused-ring (bicyclic) bond motifs is 2. The van der Waals surface area contributed by atoms with Gasteiger partial charge in [-0.3, -0.25) is 14.9 Å². The molecule has 0 aliphatic carbocycles. The highest BCUT2D eigenvalue weighted by Crippen LogP contribution is 2.35. The van der Waals surface area contributed by atoms with Gasteiger partial charge in [-0.25, -0.2) is 15.0 Å². The van der Waals surface area contributed by atoms with E-state index in [1.807, 2.05) is 42.9 Å². The Balaban J connectivity index is 1.43. The molecule has 0 aliphatic rings. The van der Waals surface area contributed by atoms with Crippen molar-refractivity contribution in [3.8, 4) is 33.1 Å². The van der Waals surface area contributed by atoms with Gasteiger partial charge in [0.15, 0.2) is 22.9 Å². The van der Waals surface area contributed by atoms with Crippen molar-refractivity contribution in [3.05, 3.63) is 60.0 Å². The van der Waals surface area contributed by atoms with E-state index in [2.05, 4.69) is 55.4 Å². The third-order valence-electron chi connectivity index (χ3n) is 5.77. The van der Waals surface area contributed by atoms with Crippen molar-refractivity contribution in [2.45, 2.75) is 26.8 Å². The molecule has 0 radical (unpaired) electrons. The number of H-pyrrole nitrogens is 2. The van der Waals surface area contributed by atoms with Gasteiger partial charge < -0.3 is 10.3 Å². The topological polar surface area (TPSA) is 125 Å². The zero-order valence-corrected chi connectivity index (χ0v) is 20.6. The van der Waals surface area contributed by atoms with Crippen LogP contribution in [-0.2, 0) is 0 Å². The number of pyridine rings is 3. The maximum atomic E-state index is 11.8. The number of imidazole rings is 1. The van der Waals surface area contributed by atoms with Gasteiger partial charge >= 0.3 is 0 Å². The number of ketones is 1. The quantitative estimate of drug-likeness (QED) is 0.253. The maximum absolute atomic E-state index is 11.8. The van der Waals surface area contributed by atoms with Gasteiger partial charge in [0.2, 0.25) is 0 Å². The Hall–Kier alpha value is -4.44. The molecule has 9 nitrogen and oxygen atoms in total. The molecular weight excluding hydrogens is 472 g/mol. The first-order valence-corrected chi connectivity index (χ1v) is 12.3. The molecule has 10 heteroatoms. The van der Waals surface area contributed by atoms with E-state index in [1.54, 1.807) is 13.1 Å². The summed E-state index contributed by atoms with van der Waals surface area (Å²) in [6.07, 6.45) is 7.18. The first-order chi connectivity index (χ1) is 17.5. The number of nitrogens with one attached hydrogen (secondary N) is 3. The average molecular weight is 495 g/mol. The number of thiophene rings is 1. The van der Waals surface area contributed by atoms with E-state index < -0.39 is 0 Å². The molecule has 0 aromatic carbocycles. The van der Waals surface area contributed by atoms with E-state index in [-0.39, 0.29) is 5.78 Å². The molecule has 6 rings (SSSR count). The van der Waals surface area contributed by atoms with Crippen LogP contribution in [0.25, 0.3) is 55.3 Å². The minimum Gasteiger partial charge on any atom is -0.382 e. The van der Waals surface area contributed by atoms with E-state index >= 15 is 0 Å². The van der Waals surface area contributed by atoms with Crippen LogP contribution >= 0.6 is 11.3 Å². The van der Waals surface area contributed by atoms with E-state index in [4.69, 9.17) is 4.98 Å². The SMILES string of the molecule is CC(=O)c1ccc(-c2ccnc3[nH]c(-c4n[nH]c5ncc(-c6cncc(NC(C)C)c6)cc45)nc23)s1. The van der Waals surface area contributed by atoms with Crippen LogP contribution in [0.3, 0.4) is 0 Å². The lowest BCUT2D eigenvalue weighted by atomic mass is 10.1. The molecule has 178 valence electrons. The molecule has 0 saturated heterocycles. The van der Waals surface area contributed by atoms with Crippen LogP contribution in [-0.4, -0.2) is 46.9 Å². The summed E-state index contributed by atoms with van der Waals surface area (Å²) in [5, 5.41) is 11.7. The van der Waals surface area contributed by atoms with Crippen molar-refractivity contribution in [2.75, 3.05) is 5.32 Å². The summed E-state index contributed by atoms with van der Waals surface area (Å²) >= 11 is 1.45. The molecular formula is C26H22N8OS. The van der Waals surface area contributed by atoms with Crippen molar-refractivity contribution < 1.29 is 4.79 Å². The van der Waals surface area contributed by atoms with Gasteiger partial charge in [0.1, 0.15) is 11.2 Å². The van der Waals surface area contributed by atoms with E-state index in [0.29, 0.717) is 33.7 Å². The molecule has 0 fully saturated rings. The van der Waals surface area contributed by atoms with Crippen LogP contribution in [0.15, 0.2) is 55.1 Å². The van der Waals surface area contributed by atoms with Crippen molar-refractivity contribution in [2.24, 2.45) is 0 Å². The highest BCUT2D eigenvalue weighted by atomic mass is 32.1. The van der Waals surface area contributed by atoms with Crippen molar-refractivity contribution in [1.29, 1.82) is 0 Å². The largest absolute Gasteiger partial charge is 0.382 e. The van der Waals surface area contributed by atoms with Gasteiger partial charge in [-0.2, -0.15) is 5.10 Å². The van der Waals surface area contributed by atoms with Crippen molar-refractivity contribution >= 4 is 45.0 Å². The molecule has 6 aromatic rings. The monoisotopic (exact) mass is 494 g/mol. The summed E-state index contributed by atoms with van der Waals surface area (Å²) in [7, 11) is 0. The maximum Gasteiger partial charge on any atom is 0.169 e. The predicted molar refractivity (Wildman–Crippen MR) is 142 cm³/mol. The second-order valence-corrected chi connectivity index (χ2v) is 9.90. The average Bonchev–Trinajstić information content (AvgIpc) is 3.60. The second-order valence-electron chi connectivity index (χ2n) is 8.81. The summed E-state index contributed by atoms with van der Waals surface area (Å²) in [6.45, 7) is 5.75. The second kappa shape index (κ2) is 8.65. The van der Waals surface area contributed by atoms with Gasteiger partial charge in [-0.15, -0.1) is 11.3 Å². The highest BCUT2D eigenvalue weighted by Gasteiger charge is 2.18. The minimum absolute atomic E-state index is 0.0475. The van der Waals surface area contributed by atoms with Gasteiger partial charge in [0, 0.05) is 52.4 Å². The fourth-order valence-corrected chi connectivity index (χ4v) is 5.07. The standard InChI is InChI=1S/C26H22N8OS/c1-13(2)30-17-8-15(10-27-12-17)16-9-19-23(33-34-24(19)29-11-16)26-31-22-18(6-7-28-25(22)32-26)21-5-4-20(36-21)14(3)35/h4-13,30H,1-3H3,(H,28,31,32)(H,29,33,34). The Bertz CT molecular complexity index is 1750. The highest BCUT2D eigenvalue weighted by molar-refractivity contribution is 7.17. The third kappa shape index (κ3) is 3.91. The number of carbonyl (C=O) groups excluding carboxylic acids is 1. The number of aromatic nitrogens is 7. The molecule has 0 spiro atoms. The lowest BCUT2D eigenvalue weighted by Gasteiger charge is -2.10. The molecule has 0 atom stereocenters. The summed E-state index contributed by atoms with van der Waals surface area (Å²) in [5.41, 5.74) is 6.44. The summed E-state index contributed by atoms with van der Waals surface area (Å²) in [5.74, 6) is 0.637. The Kier molecular flexibility index (Phi) is 5.30. The molecule has 6 aromatic heterocycles. The number of anilines is 1. The van der Waals surface area contributed by atoms with Gasteiger partial charge in [0.25, 0.3) is 0 Å². The number of hydrogen-bond donors (Lipinski definition) is 3. The molecule has 0 saturated carbocycles. The smallest absolute Gasteiger partial charge is 0.169 e. The molecule has 0 amide bonds. The van der Waals surface area contributed by atoms with E-state index in [0.717, 1.165) is 38.2 Å². The lowest BCUT2D eigenvalue weighted by molar-refractivity contribution is 0.102. The number of Topliss-reactive ketones (excluding diaryl/α,β-unsaturated/α-hetero) is 1. The zero-order valence-electron chi connectivity index (χ0n) is 19.8. The summed E-state index contributed by atoms with van der Waals surface area (Å²) in [4.78, 5) is 35.0. The normalized spacial score (nSPS) is 11.6. The number of nitrogens with zero attached hydrogens (tertiary/aromatic N) is 5. The fourth-order valence-electron chi connectivity index (χ4n) is 4.15. The molecule has 0 unspecified atom stereocenters. The first-order valence-electron chi connectivity index (χ1n) is 11.5. The lowest BCUT2D eigenvalue weighted by Crippen LogP contribution is -2.09. The number of rotatable bonds is 6. The van der Waals surface area contributed by atoms with Crippen LogP contribution in [0.5, 0.6) is 0 Å². The first kappa shape index (κ1) is 22.1. The van der Waals surface area contributed by atoms with Crippen molar-refractivity contribution in [1.82, 2.24) is 35.1 Å². The van der Waals surface area contributed by atoms with Crippen molar-refractivity contribution in [3.63, 3.8) is 0 Å². The van der Waals surface area contributed by atoms with Crippen LogP contribution < -0.4 is 5.32 Å². The molecule has 36 heavy (non-hydrogen) atoms. The molecule has 0 aliphatic heterocycles. The predicted octanol–water partition coefficient (Wildman–Crippen LogP) is 5.71. The Morgan fingerprint density at radius 3 is 2.69 bits per heavy atom. The Morgan fingerprint density at radius 1 is 1.03 bits per heavy atom. The number of hydrogen-bond acceptors (Lipinski definition) is 8. The zero-order chi connectivity index (χ0) is 24.8. The van der Waals surface area contributed by atoms with Gasteiger partial charge in [0.05, 0.1) is 16.0 Å². The Morgan fingerprint density at radius 2 is 1.89 bits per heavy atom. The van der Waals surface area contributed by atoms with Crippen LogP contribution in [0.4, 0.5) is 5.69 Å². The van der Waals surface area contributed by atoms with E-state index in [9.17, 15) is 4.79 Å². The molecule has 6 heterocycles.